The summed E-state index contributed by atoms with van der Waals surface area (Å²) in [5.41, 5.74) is 6.70. The molecule has 7 rings (SSSR count). The highest BCUT2D eigenvalue weighted by atomic mass is 79.9. The lowest BCUT2D eigenvalue weighted by Crippen LogP contribution is -2.41. The average molecular weight is 573 g/mol. The Morgan fingerprint density at radius 3 is 1.84 bits per heavy atom. The van der Waals surface area contributed by atoms with Crippen molar-refractivity contribution in [3.05, 3.63) is 98.5 Å². The molecule has 0 unspecified atom stereocenters. The molecule has 1 N–H and O–H groups in total. The number of esters is 1. The van der Waals surface area contributed by atoms with Crippen LogP contribution >= 0.6 is 15.9 Å². The number of carbonyl (C=O) groups excluding carboxylic acids is 4. The molecule has 0 radical (unpaired) electrons. The molecule has 2 bridgehead atoms. The Balaban J connectivity index is 1.17. The minimum Gasteiger partial charge on any atom is -0.454 e. The molecular weight excluding hydrogens is 548 g/mol. The lowest BCUT2D eigenvalue weighted by Gasteiger charge is -2.45. The number of aryl methyl sites for hydroxylation is 2. The van der Waals surface area contributed by atoms with E-state index in [-0.39, 0.29) is 23.7 Å². The van der Waals surface area contributed by atoms with Crippen LogP contribution in [0.5, 0.6) is 0 Å². The van der Waals surface area contributed by atoms with Crippen LogP contribution in [-0.4, -0.2) is 41.7 Å². The number of imide groups is 1. The van der Waals surface area contributed by atoms with Gasteiger partial charge >= 0.3 is 5.97 Å². The van der Waals surface area contributed by atoms with Crippen LogP contribution in [0.15, 0.2) is 65.1 Å². The summed E-state index contributed by atoms with van der Waals surface area (Å²) in [4.78, 5) is 53.3. The van der Waals surface area contributed by atoms with Crippen molar-refractivity contribution in [3.8, 4) is 0 Å². The predicted octanol–water partition coefficient (Wildman–Crippen LogP) is 4.44. The zero-order valence-electron chi connectivity index (χ0n) is 20.9. The van der Waals surface area contributed by atoms with Crippen molar-refractivity contribution in [2.24, 2.45) is 11.8 Å². The second-order valence-corrected chi connectivity index (χ2v) is 11.0. The van der Waals surface area contributed by atoms with Gasteiger partial charge in [-0.25, -0.2) is 0 Å². The molecule has 3 aliphatic carbocycles. The standard InChI is InChI=1S/C30H25BrN2O5/c1-15-12-22(16(2)11-21(15)31)32-23(34)14-38-24(35)13-33-29(36)27-25-17-7-3-4-8-18(17)26(28(27)30(33)37)20-10-6-5-9-19(20)25/h3-12,25-28H,13-14H2,1-2H3,(H,32,34)/t25?,26?,27-,28+. The molecule has 3 amide bonds. The first-order valence-electron chi connectivity index (χ1n) is 12.5. The van der Waals surface area contributed by atoms with Crippen LogP contribution < -0.4 is 5.32 Å². The van der Waals surface area contributed by atoms with Crippen molar-refractivity contribution in [1.29, 1.82) is 0 Å². The van der Waals surface area contributed by atoms with Gasteiger partial charge in [-0.05, 0) is 59.4 Å². The van der Waals surface area contributed by atoms with Crippen LogP contribution in [-0.2, 0) is 23.9 Å². The van der Waals surface area contributed by atoms with Gasteiger partial charge in [-0.1, -0.05) is 64.5 Å². The quantitative estimate of drug-likeness (QED) is 0.360. The highest BCUT2D eigenvalue weighted by Crippen LogP contribution is 2.60. The molecule has 1 saturated heterocycles. The topological polar surface area (TPSA) is 92.8 Å². The normalized spacial score (nSPS) is 22.6. The highest BCUT2D eigenvalue weighted by Gasteiger charge is 2.61. The maximum Gasteiger partial charge on any atom is 0.326 e. The summed E-state index contributed by atoms with van der Waals surface area (Å²) in [7, 11) is 0. The number of nitrogens with zero attached hydrogens (tertiary/aromatic N) is 1. The van der Waals surface area contributed by atoms with Gasteiger partial charge in [0, 0.05) is 22.0 Å². The van der Waals surface area contributed by atoms with Gasteiger partial charge in [0.15, 0.2) is 6.61 Å². The summed E-state index contributed by atoms with van der Waals surface area (Å²) in [6, 6.07) is 19.7. The number of nitrogens with one attached hydrogen (secondary N) is 1. The lowest BCUT2D eigenvalue weighted by atomic mass is 9.55. The van der Waals surface area contributed by atoms with Crippen molar-refractivity contribution < 1.29 is 23.9 Å². The molecule has 0 saturated carbocycles. The fourth-order valence-corrected chi connectivity index (χ4v) is 6.78. The summed E-state index contributed by atoms with van der Waals surface area (Å²) in [5.74, 6) is -3.61. The monoisotopic (exact) mass is 572 g/mol. The number of rotatable bonds is 5. The molecule has 8 heteroatoms. The second-order valence-electron chi connectivity index (χ2n) is 10.2. The Bertz CT molecular complexity index is 1420. The van der Waals surface area contributed by atoms with Crippen molar-refractivity contribution in [2.75, 3.05) is 18.5 Å². The average Bonchev–Trinajstić information content (AvgIpc) is 3.16. The van der Waals surface area contributed by atoms with Gasteiger partial charge in [-0.2, -0.15) is 0 Å². The first-order valence-corrected chi connectivity index (χ1v) is 13.3. The summed E-state index contributed by atoms with van der Waals surface area (Å²) >= 11 is 3.46. The van der Waals surface area contributed by atoms with Crippen LogP contribution in [0.4, 0.5) is 5.69 Å². The van der Waals surface area contributed by atoms with E-state index in [1.54, 1.807) is 0 Å². The van der Waals surface area contributed by atoms with Crippen LogP contribution in [0, 0.1) is 25.7 Å². The van der Waals surface area contributed by atoms with E-state index in [1.165, 1.54) is 0 Å². The maximum absolute atomic E-state index is 13.6. The second kappa shape index (κ2) is 9.20. The molecule has 1 fully saturated rings. The predicted molar refractivity (Wildman–Crippen MR) is 143 cm³/mol. The van der Waals surface area contributed by atoms with Gasteiger partial charge < -0.3 is 10.1 Å². The van der Waals surface area contributed by atoms with Crippen molar-refractivity contribution in [1.82, 2.24) is 4.90 Å². The first kappa shape index (κ1) is 24.6. The molecule has 2 atom stereocenters. The molecule has 3 aromatic carbocycles. The van der Waals surface area contributed by atoms with E-state index < -0.39 is 36.9 Å². The smallest absolute Gasteiger partial charge is 0.326 e. The van der Waals surface area contributed by atoms with E-state index in [9.17, 15) is 19.2 Å². The number of amides is 3. The summed E-state index contributed by atoms with van der Waals surface area (Å²) in [6.07, 6.45) is 0. The lowest BCUT2D eigenvalue weighted by molar-refractivity contribution is -0.154. The van der Waals surface area contributed by atoms with Gasteiger partial charge in [0.25, 0.3) is 5.91 Å². The van der Waals surface area contributed by atoms with Gasteiger partial charge in [0.2, 0.25) is 11.8 Å². The largest absolute Gasteiger partial charge is 0.454 e. The molecule has 0 spiro atoms. The molecule has 7 nitrogen and oxygen atoms in total. The Morgan fingerprint density at radius 2 is 1.34 bits per heavy atom. The van der Waals surface area contributed by atoms with Crippen molar-refractivity contribution >= 4 is 45.3 Å². The number of hydrogen-bond donors (Lipinski definition) is 1. The molecule has 192 valence electrons. The summed E-state index contributed by atoms with van der Waals surface area (Å²) in [6.45, 7) is 2.74. The molecule has 0 aromatic heterocycles. The van der Waals surface area contributed by atoms with E-state index >= 15 is 0 Å². The van der Waals surface area contributed by atoms with E-state index in [4.69, 9.17) is 4.74 Å². The minimum absolute atomic E-state index is 0.238. The van der Waals surface area contributed by atoms with E-state index in [2.05, 4.69) is 21.2 Å². The first-order chi connectivity index (χ1) is 18.3. The number of hydrogen-bond acceptors (Lipinski definition) is 5. The van der Waals surface area contributed by atoms with Crippen LogP contribution in [0.25, 0.3) is 0 Å². The molecule has 1 heterocycles. The number of benzene rings is 3. The zero-order chi connectivity index (χ0) is 26.7. The Morgan fingerprint density at radius 1 is 0.842 bits per heavy atom. The third-order valence-electron chi connectivity index (χ3n) is 7.97. The molecule has 3 aromatic rings. The maximum atomic E-state index is 13.6. The van der Waals surface area contributed by atoms with E-state index in [1.807, 2.05) is 74.5 Å². The number of anilines is 1. The van der Waals surface area contributed by atoms with E-state index in [0.717, 1.165) is 42.8 Å². The van der Waals surface area contributed by atoms with Crippen LogP contribution in [0.3, 0.4) is 0 Å². The van der Waals surface area contributed by atoms with Gasteiger partial charge in [0.05, 0.1) is 11.8 Å². The Kier molecular flexibility index (Phi) is 5.94. The SMILES string of the molecule is Cc1cc(NC(=O)COC(=O)CN2C(=O)[C@@H]3C4c5ccccc5C(c5ccccc54)[C@@H]3C2=O)c(C)cc1Br. The molecule has 4 aliphatic rings. The number of carbonyl (C=O) groups is 4. The Labute approximate surface area is 228 Å². The molecule has 1 aliphatic heterocycles. The Hall–Kier alpha value is -3.78. The summed E-state index contributed by atoms with van der Waals surface area (Å²) in [5, 5.41) is 2.74. The third-order valence-corrected chi connectivity index (χ3v) is 8.83. The third kappa shape index (κ3) is 3.77. The van der Waals surface area contributed by atoms with Crippen molar-refractivity contribution in [3.63, 3.8) is 0 Å². The fourth-order valence-electron chi connectivity index (χ4n) is 6.32. The summed E-state index contributed by atoms with van der Waals surface area (Å²) < 4.78 is 6.10. The van der Waals surface area contributed by atoms with Gasteiger partial charge in [-0.15, -0.1) is 0 Å². The van der Waals surface area contributed by atoms with Crippen molar-refractivity contribution in [2.45, 2.75) is 25.7 Å². The number of ether oxygens (including phenoxy) is 1. The number of likely N-dealkylation sites (tertiary alicyclic amines) is 1. The molecular formula is C30H25BrN2O5. The van der Waals surface area contributed by atoms with Crippen LogP contribution in [0.2, 0.25) is 0 Å². The molecule has 38 heavy (non-hydrogen) atoms. The zero-order valence-corrected chi connectivity index (χ0v) is 22.4. The fraction of sp³-hybridized carbons (Fsp3) is 0.267. The van der Waals surface area contributed by atoms with E-state index in [0.29, 0.717) is 5.69 Å². The highest BCUT2D eigenvalue weighted by molar-refractivity contribution is 9.10. The van der Waals surface area contributed by atoms with Gasteiger partial charge in [0.1, 0.15) is 6.54 Å². The van der Waals surface area contributed by atoms with Crippen LogP contribution in [0.1, 0.15) is 45.2 Å². The number of halogens is 1. The van der Waals surface area contributed by atoms with Gasteiger partial charge in [-0.3, -0.25) is 24.1 Å². The minimum atomic E-state index is -0.799.